The second-order valence-electron chi connectivity index (χ2n) is 4.87. The summed E-state index contributed by atoms with van der Waals surface area (Å²) in [5, 5.41) is 3.77. The van der Waals surface area contributed by atoms with Gasteiger partial charge >= 0.3 is 0 Å². The molecule has 3 rings (SSSR count). The fourth-order valence-electron chi connectivity index (χ4n) is 2.29. The quantitative estimate of drug-likeness (QED) is 0.745. The number of fused-ring (bicyclic) bond motifs is 1. The van der Waals surface area contributed by atoms with E-state index in [1.165, 1.54) is 5.56 Å². The molecule has 4 nitrogen and oxygen atoms in total. The molecule has 2 aromatic heterocycles. The number of nitrogens with one attached hydrogen (secondary N) is 2. The predicted octanol–water partition coefficient (Wildman–Crippen LogP) is 3.43. The first-order chi connectivity index (χ1) is 9.65. The molecule has 1 aromatic carbocycles. The lowest BCUT2D eigenvalue weighted by atomic mass is 10.1. The van der Waals surface area contributed by atoms with Crippen LogP contribution in [0.3, 0.4) is 0 Å². The van der Waals surface area contributed by atoms with Crippen molar-refractivity contribution in [3.05, 3.63) is 59.4 Å². The van der Waals surface area contributed by atoms with E-state index in [1.54, 1.807) is 12.4 Å². The van der Waals surface area contributed by atoms with Gasteiger partial charge in [-0.15, -0.1) is 0 Å². The molecule has 0 fully saturated rings. The number of pyridine rings is 1. The molecule has 20 heavy (non-hydrogen) atoms. The molecule has 0 aliphatic carbocycles. The fraction of sp³-hybridized carbons (Fsp3) is 0.125. The Hall–Kier alpha value is -2.62. The molecule has 100 valence electrons. The maximum absolute atomic E-state index is 12.4. The van der Waals surface area contributed by atoms with Crippen LogP contribution < -0.4 is 5.32 Å². The van der Waals surface area contributed by atoms with Crippen LogP contribution in [0, 0.1) is 13.8 Å². The van der Waals surface area contributed by atoms with Crippen LogP contribution in [-0.4, -0.2) is 15.9 Å². The van der Waals surface area contributed by atoms with Crippen LogP contribution in [0.4, 0.5) is 5.69 Å². The lowest BCUT2D eigenvalue weighted by molar-refractivity contribution is 0.102. The monoisotopic (exact) mass is 265 g/mol. The molecule has 0 atom stereocenters. The molecule has 0 saturated carbocycles. The van der Waals surface area contributed by atoms with Crippen LogP contribution in [0.15, 0.2) is 42.7 Å². The van der Waals surface area contributed by atoms with Gasteiger partial charge in [-0.3, -0.25) is 4.79 Å². The smallest absolute Gasteiger partial charge is 0.257 e. The number of carbonyl (C=O) groups is 1. The van der Waals surface area contributed by atoms with Crippen molar-refractivity contribution in [1.82, 2.24) is 9.97 Å². The molecule has 0 spiro atoms. The zero-order valence-corrected chi connectivity index (χ0v) is 11.4. The Morgan fingerprint density at radius 2 is 2.10 bits per heavy atom. The van der Waals surface area contributed by atoms with E-state index in [0.717, 1.165) is 22.3 Å². The highest BCUT2D eigenvalue weighted by Gasteiger charge is 2.13. The molecule has 0 bridgehead atoms. The third-order valence-electron chi connectivity index (χ3n) is 3.33. The van der Waals surface area contributed by atoms with Crippen LogP contribution in [0.2, 0.25) is 0 Å². The molecule has 4 heteroatoms. The fourth-order valence-corrected chi connectivity index (χ4v) is 2.29. The van der Waals surface area contributed by atoms with Crippen LogP contribution in [0.1, 0.15) is 21.5 Å². The van der Waals surface area contributed by atoms with Gasteiger partial charge in [-0.05, 0) is 37.6 Å². The van der Waals surface area contributed by atoms with E-state index in [9.17, 15) is 4.79 Å². The van der Waals surface area contributed by atoms with Crippen LogP contribution in [0.25, 0.3) is 11.0 Å². The van der Waals surface area contributed by atoms with E-state index in [4.69, 9.17) is 0 Å². The first-order valence-corrected chi connectivity index (χ1v) is 6.46. The first-order valence-electron chi connectivity index (χ1n) is 6.46. The highest BCUT2D eigenvalue weighted by molar-refractivity contribution is 6.12. The number of aromatic nitrogens is 2. The summed E-state index contributed by atoms with van der Waals surface area (Å²) >= 11 is 0. The average Bonchev–Trinajstić information content (AvgIpc) is 2.86. The Morgan fingerprint density at radius 1 is 1.25 bits per heavy atom. The van der Waals surface area contributed by atoms with Gasteiger partial charge in [0, 0.05) is 23.5 Å². The molecule has 0 unspecified atom stereocenters. The predicted molar refractivity (Wildman–Crippen MR) is 80.0 cm³/mol. The number of rotatable bonds is 2. The number of anilines is 1. The Kier molecular flexibility index (Phi) is 2.99. The van der Waals surface area contributed by atoms with Gasteiger partial charge in [0.05, 0.1) is 5.56 Å². The standard InChI is InChI=1S/C16H15N3O/c1-10-5-6-14(11(2)8-10)19-16(20)13-9-18-15-12(13)4-3-7-17-15/h3-9H,1-2H3,(H,17,18)(H,19,20). The zero-order chi connectivity index (χ0) is 14.1. The molecular formula is C16H15N3O. The average molecular weight is 265 g/mol. The molecule has 2 heterocycles. The summed E-state index contributed by atoms with van der Waals surface area (Å²) in [6.07, 6.45) is 3.39. The lowest BCUT2D eigenvalue weighted by Gasteiger charge is -2.08. The van der Waals surface area contributed by atoms with Gasteiger partial charge in [-0.2, -0.15) is 0 Å². The number of amides is 1. The summed E-state index contributed by atoms with van der Waals surface area (Å²) in [5.74, 6) is -0.129. The number of aromatic amines is 1. The van der Waals surface area contributed by atoms with Crippen molar-refractivity contribution in [1.29, 1.82) is 0 Å². The minimum absolute atomic E-state index is 0.129. The second-order valence-corrected chi connectivity index (χ2v) is 4.87. The summed E-state index contributed by atoms with van der Waals surface area (Å²) in [5.41, 5.74) is 4.39. The number of benzene rings is 1. The van der Waals surface area contributed by atoms with Crippen molar-refractivity contribution in [2.45, 2.75) is 13.8 Å². The van der Waals surface area contributed by atoms with Crippen molar-refractivity contribution in [2.75, 3.05) is 5.32 Å². The van der Waals surface area contributed by atoms with Gasteiger partial charge in [-0.25, -0.2) is 4.98 Å². The number of H-pyrrole nitrogens is 1. The van der Waals surface area contributed by atoms with Gasteiger partial charge in [-0.1, -0.05) is 17.7 Å². The van der Waals surface area contributed by atoms with Crippen molar-refractivity contribution < 1.29 is 4.79 Å². The number of hydrogen-bond acceptors (Lipinski definition) is 2. The molecular weight excluding hydrogens is 250 g/mol. The summed E-state index contributed by atoms with van der Waals surface area (Å²) in [7, 11) is 0. The summed E-state index contributed by atoms with van der Waals surface area (Å²) in [4.78, 5) is 19.6. The Morgan fingerprint density at radius 3 is 2.90 bits per heavy atom. The lowest BCUT2D eigenvalue weighted by Crippen LogP contribution is -2.12. The topological polar surface area (TPSA) is 57.8 Å². The molecule has 0 radical (unpaired) electrons. The van der Waals surface area contributed by atoms with Crippen LogP contribution in [0.5, 0.6) is 0 Å². The van der Waals surface area contributed by atoms with E-state index >= 15 is 0 Å². The summed E-state index contributed by atoms with van der Waals surface area (Å²) in [6, 6.07) is 9.67. The van der Waals surface area contributed by atoms with Crippen molar-refractivity contribution >= 4 is 22.6 Å². The SMILES string of the molecule is Cc1ccc(NC(=O)c2c[nH]c3ncccc23)c(C)c1. The molecule has 1 amide bonds. The Balaban J connectivity index is 1.93. The Bertz CT molecular complexity index is 789. The maximum atomic E-state index is 12.4. The molecule has 0 aliphatic heterocycles. The molecule has 0 aliphatic rings. The second kappa shape index (κ2) is 4.81. The Labute approximate surface area is 116 Å². The van der Waals surface area contributed by atoms with Crippen molar-refractivity contribution in [3.8, 4) is 0 Å². The molecule has 2 N–H and O–H groups in total. The number of hydrogen-bond donors (Lipinski definition) is 2. The third-order valence-corrected chi connectivity index (χ3v) is 3.33. The van der Waals surface area contributed by atoms with Gasteiger partial charge < -0.3 is 10.3 Å². The van der Waals surface area contributed by atoms with Gasteiger partial charge in [0.15, 0.2) is 0 Å². The van der Waals surface area contributed by atoms with E-state index in [1.807, 2.05) is 44.2 Å². The molecule has 0 saturated heterocycles. The third kappa shape index (κ3) is 2.16. The van der Waals surface area contributed by atoms with E-state index < -0.39 is 0 Å². The van der Waals surface area contributed by atoms with Gasteiger partial charge in [0.25, 0.3) is 5.91 Å². The van der Waals surface area contributed by atoms with E-state index in [-0.39, 0.29) is 5.91 Å². The highest BCUT2D eigenvalue weighted by atomic mass is 16.1. The first kappa shape index (κ1) is 12.4. The van der Waals surface area contributed by atoms with Crippen LogP contribution in [-0.2, 0) is 0 Å². The number of nitrogens with zero attached hydrogens (tertiary/aromatic N) is 1. The van der Waals surface area contributed by atoms with E-state index in [2.05, 4.69) is 15.3 Å². The zero-order valence-electron chi connectivity index (χ0n) is 11.4. The van der Waals surface area contributed by atoms with Crippen LogP contribution >= 0.6 is 0 Å². The number of aryl methyl sites for hydroxylation is 2. The summed E-state index contributed by atoms with van der Waals surface area (Å²) < 4.78 is 0. The maximum Gasteiger partial charge on any atom is 0.257 e. The van der Waals surface area contributed by atoms with E-state index in [0.29, 0.717) is 5.56 Å². The summed E-state index contributed by atoms with van der Waals surface area (Å²) in [6.45, 7) is 4.02. The molecule has 3 aromatic rings. The minimum Gasteiger partial charge on any atom is -0.345 e. The van der Waals surface area contributed by atoms with Gasteiger partial charge in [0.1, 0.15) is 5.65 Å². The number of carbonyl (C=O) groups excluding carboxylic acids is 1. The minimum atomic E-state index is -0.129. The largest absolute Gasteiger partial charge is 0.345 e. The van der Waals surface area contributed by atoms with Gasteiger partial charge in [0.2, 0.25) is 0 Å². The van der Waals surface area contributed by atoms with Crippen molar-refractivity contribution in [3.63, 3.8) is 0 Å². The highest BCUT2D eigenvalue weighted by Crippen LogP contribution is 2.20. The van der Waals surface area contributed by atoms with Crippen molar-refractivity contribution in [2.24, 2.45) is 0 Å². The normalized spacial score (nSPS) is 10.7.